The number of hydrogen-bond acceptors (Lipinski definition) is 3. The molecule has 0 N–H and O–H groups in total. The van der Waals surface area contributed by atoms with E-state index in [4.69, 9.17) is 4.63 Å². The van der Waals surface area contributed by atoms with Crippen molar-refractivity contribution < 1.29 is 4.63 Å². The van der Waals surface area contributed by atoms with Gasteiger partial charge in [0.25, 0.3) is 0 Å². The highest BCUT2D eigenvalue weighted by Crippen LogP contribution is 2.25. The van der Waals surface area contributed by atoms with Crippen LogP contribution in [0.3, 0.4) is 0 Å². The third kappa shape index (κ3) is 2.29. The first-order chi connectivity index (χ1) is 6.16. The molecule has 0 saturated carbocycles. The summed E-state index contributed by atoms with van der Waals surface area (Å²) in [6, 6.07) is 0. The molecular weight excluding hydrogens is 164 g/mol. The van der Waals surface area contributed by atoms with Crippen molar-refractivity contribution in [1.82, 2.24) is 10.3 Å². The summed E-state index contributed by atoms with van der Waals surface area (Å²) < 4.78 is 4.77. The average Bonchev–Trinajstić information content (AvgIpc) is 2.52. The van der Waals surface area contributed by atoms with E-state index in [9.17, 15) is 0 Å². The molecule has 0 bridgehead atoms. The minimum Gasteiger partial charge on any atom is -0.244 e. The molecule has 1 atom stereocenters. The highest BCUT2D eigenvalue weighted by Gasteiger charge is 2.18. The predicted octanol–water partition coefficient (Wildman–Crippen LogP) is 3.10. The summed E-state index contributed by atoms with van der Waals surface area (Å²) in [5, 5.41) is 7.90. The smallest absolute Gasteiger partial charge is 0.111 e. The van der Waals surface area contributed by atoms with Crippen LogP contribution in [0, 0.1) is 0 Å². The van der Waals surface area contributed by atoms with Gasteiger partial charge in [0.1, 0.15) is 11.4 Å². The van der Waals surface area contributed by atoms with Crippen molar-refractivity contribution in [3.05, 3.63) is 11.4 Å². The molecule has 0 saturated heterocycles. The van der Waals surface area contributed by atoms with Gasteiger partial charge < -0.3 is 0 Å². The largest absolute Gasteiger partial charge is 0.244 e. The Morgan fingerprint density at radius 1 is 1.15 bits per heavy atom. The van der Waals surface area contributed by atoms with Crippen LogP contribution in [0.5, 0.6) is 0 Å². The second-order valence-corrected chi connectivity index (χ2v) is 3.88. The lowest BCUT2D eigenvalue weighted by Crippen LogP contribution is -2.00. The van der Waals surface area contributed by atoms with Gasteiger partial charge in [-0.1, -0.05) is 44.4 Å². The van der Waals surface area contributed by atoms with Crippen molar-refractivity contribution in [2.75, 3.05) is 0 Å². The van der Waals surface area contributed by atoms with Crippen LogP contribution < -0.4 is 0 Å². The molecule has 0 aromatic carbocycles. The van der Waals surface area contributed by atoms with E-state index in [0.29, 0.717) is 11.8 Å². The maximum absolute atomic E-state index is 4.77. The zero-order chi connectivity index (χ0) is 9.84. The molecule has 3 heteroatoms. The summed E-state index contributed by atoms with van der Waals surface area (Å²) >= 11 is 0. The summed E-state index contributed by atoms with van der Waals surface area (Å²) in [6.07, 6.45) is 2.32. The molecule has 1 rings (SSSR count). The van der Waals surface area contributed by atoms with Gasteiger partial charge >= 0.3 is 0 Å². The average molecular weight is 182 g/mol. The first-order valence-electron chi connectivity index (χ1n) is 4.99. The summed E-state index contributed by atoms with van der Waals surface area (Å²) in [4.78, 5) is 0. The van der Waals surface area contributed by atoms with Crippen LogP contribution in [0.1, 0.15) is 63.8 Å². The van der Waals surface area contributed by atoms with E-state index in [2.05, 4.69) is 38.0 Å². The number of aromatic nitrogens is 2. The fourth-order valence-electron chi connectivity index (χ4n) is 1.52. The Hall–Kier alpha value is -0.860. The maximum Gasteiger partial charge on any atom is 0.111 e. The minimum absolute atomic E-state index is 0.403. The number of hydrogen-bond donors (Lipinski definition) is 0. The second kappa shape index (κ2) is 4.40. The molecule has 74 valence electrons. The van der Waals surface area contributed by atoms with Gasteiger partial charge in [-0.05, 0) is 6.42 Å². The van der Waals surface area contributed by atoms with Crippen molar-refractivity contribution in [1.29, 1.82) is 0 Å². The Morgan fingerprint density at radius 2 is 1.77 bits per heavy atom. The van der Waals surface area contributed by atoms with Crippen LogP contribution in [-0.2, 0) is 0 Å². The SMILES string of the molecule is CCCC(C)c1nonc1C(C)C. The first-order valence-corrected chi connectivity index (χ1v) is 4.99. The molecule has 1 aromatic heterocycles. The van der Waals surface area contributed by atoms with Crippen LogP contribution in [0.2, 0.25) is 0 Å². The topological polar surface area (TPSA) is 38.9 Å². The van der Waals surface area contributed by atoms with Crippen molar-refractivity contribution in [3.8, 4) is 0 Å². The van der Waals surface area contributed by atoms with Gasteiger partial charge in [-0.3, -0.25) is 0 Å². The lowest BCUT2D eigenvalue weighted by Gasteiger charge is -2.08. The zero-order valence-electron chi connectivity index (χ0n) is 8.87. The molecule has 3 nitrogen and oxygen atoms in total. The highest BCUT2D eigenvalue weighted by atomic mass is 16.6. The van der Waals surface area contributed by atoms with Crippen molar-refractivity contribution in [2.24, 2.45) is 0 Å². The fourth-order valence-corrected chi connectivity index (χ4v) is 1.52. The molecule has 1 unspecified atom stereocenters. The predicted molar refractivity (Wildman–Crippen MR) is 51.7 cm³/mol. The van der Waals surface area contributed by atoms with Gasteiger partial charge in [-0.15, -0.1) is 0 Å². The van der Waals surface area contributed by atoms with Gasteiger partial charge in [0.15, 0.2) is 0 Å². The monoisotopic (exact) mass is 182 g/mol. The molecule has 1 aromatic rings. The van der Waals surface area contributed by atoms with E-state index in [1.54, 1.807) is 0 Å². The van der Waals surface area contributed by atoms with Crippen LogP contribution in [0.15, 0.2) is 4.63 Å². The van der Waals surface area contributed by atoms with Gasteiger partial charge in [0, 0.05) is 11.8 Å². The fraction of sp³-hybridized carbons (Fsp3) is 0.800. The first kappa shape index (κ1) is 10.2. The van der Waals surface area contributed by atoms with Crippen LogP contribution in [-0.4, -0.2) is 10.3 Å². The third-order valence-electron chi connectivity index (χ3n) is 2.28. The number of nitrogens with zero attached hydrogens (tertiary/aromatic N) is 2. The normalized spacial score (nSPS) is 13.6. The molecule has 0 amide bonds. The highest BCUT2D eigenvalue weighted by molar-refractivity contribution is 5.15. The zero-order valence-corrected chi connectivity index (χ0v) is 8.87. The third-order valence-corrected chi connectivity index (χ3v) is 2.28. The van der Waals surface area contributed by atoms with Gasteiger partial charge in [0.2, 0.25) is 0 Å². The van der Waals surface area contributed by atoms with Gasteiger partial charge in [0.05, 0.1) is 0 Å². The van der Waals surface area contributed by atoms with Gasteiger partial charge in [-0.25, -0.2) is 4.63 Å². The Morgan fingerprint density at radius 3 is 2.31 bits per heavy atom. The van der Waals surface area contributed by atoms with E-state index in [1.165, 1.54) is 6.42 Å². The lowest BCUT2D eigenvalue weighted by molar-refractivity contribution is 0.297. The standard InChI is InChI=1S/C10H18N2O/c1-5-6-8(4)10-9(7(2)3)11-13-12-10/h7-8H,5-6H2,1-4H3. The summed E-state index contributed by atoms with van der Waals surface area (Å²) in [5.41, 5.74) is 2.05. The van der Waals surface area contributed by atoms with Crippen LogP contribution in [0.4, 0.5) is 0 Å². The van der Waals surface area contributed by atoms with E-state index in [1.807, 2.05) is 0 Å². The number of rotatable bonds is 4. The minimum atomic E-state index is 0.403. The molecule has 13 heavy (non-hydrogen) atoms. The quantitative estimate of drug-likeness (QED) is 0.718. The lowest BCUT2D eigenvalue weighted by atomic mass is 9.96. The molecule has 0 radical (unpaired) electrons. The van der Waals surface area contributed by atoms with Crippen molar-refractivity contribution in [2.45, 2.75) is 52.4 Å². The molecule has 0 aliphatic heterocycles. The Balaban J connectivity index is 2.80. The van der Waals surface area contributed by atoms with E-state index in [-0.39, 0.29) is 0 Å². The summed E-state index contributed by atoms with van der Waals surface area (Å²) in [7, 11) is 0. The molecule has 0 aliphatic rings. The van der Waals surface area contributed by atoms with E-state index in [0.717, 1.165) is 17.8 Å². The Kier molecular flexibility index (Phi) is 3.46. The van der Waals surface area contributed by atoms with Gasteiger partial charge in [-0.2, -0.15) is 0 Å². The molecule has 0 aliphatic carbocycles. The summed E-state index contributed by atoms with van der Waals surface area (Å²) in [6.45, 7) is 8.58. The van der Waals surface area contributed by atoms with Crippen molar-refractivity contribution >= 4 is 0 Å². The Labute approximate surface area is 79.5 Å². The van der Waals surface area contributed by atoms with Crippen molar-refractivity contribution in [3.63, 3.8) is 0 Å². The summed E-state index contributed by atoms with van der Waals surface area (Å²) in [5.74, 6) is 0.870. The van der Waals surface area contributed by atoms with E-state index >= 15 is 0 Å². The Bertz CT molecular complexity index is 255. The second-order valence-electron chi connectivity index (χ2n) is 3.88. The van der Waals surface area contributed by atoms with Crippen LogP contribution >= 0.6 is 0 Å². The van der Waals surface area contributed by atoms with Crippen LogP contribution in [0.25, 0.3) is 0 Å². The molecule has 1 heterocycles. The molecule has 0 fully saturated rings. The van der Waals surface area contributed by atoms with E-state index < -0.39 is 0 Å². The molecule has 0 spiro atoms. The maximum atomic E-state index is 4.77. The molecular formula is C10H18N2O.